The van der Waals surface area contributed by atoms with E-state index in [0.717, 1.165) is 16.7 Å². The summed E-state index contributed by atoms with van der Waals surface area (Å²) in [6, 6.07) is 8.50. The Morgan fingerprint density at radius 3 is 2.38 bits per heavy atom. The highest BCUT2D eigenvalue weighted by Crippen LogP contribution is 2.41. The lowest BCUT2D eigenvalue weighted by molar-refractivity contribution is 0.0707. The van der Waals surface area contributed by atoms with Gasteiger partial charge < -0.3 is 23.5 Å². The van der Waals surface area contributed by atoms with Gasteiger partial charge in [0.25, 0.3) is 5.91 Å². The average Bonchev–Trinajstić information content (AvgIpc) is 3.07. The summed E-state index contributed by atoms with van der Waals surface area (Å²) >= 11 is 0. The second kappa shape index (κ2) is 8.67. The van der Waals surface area contributed by atoms with Gasteiger partial charge in [0.2, 0.25) is 5.76 Å². The third-order valence-corrected chi connectivity index (χ3v) is 6.05. The summed E-state index contributed by atoms with van der Waals surface area (Å²) in [5.74, 6) is 0.902. The SMILES string of the molecule is COCCCN1C(=O)c2oc3cc(C)c(C)cc3c(=O)c2C1c1ccc(OC)c(OC)c1. The summed E-state index contributed by atoms with van der Waals surface area (Å²) < 4.78 is 22.0. The van der Waals surface area contributed by atoms with Gasteiger partial charge in [-0.05, 0) is 61.2 Å². The molecule has 0 fully saturated rings. The van der Waals surface area contributed by atoms with Gasteiger partial charge in [-0.3, -0.25) is 9.59 Å². The molecule has 7 nitrogen and oxygen atoms in total. The fourth-order valence-electron chi connectivity index (χ4n) is 4.25. The lowest BCUT2D eigenvalue weighted by atomic mass is 9.97. The van der Waals surface area contributed by atoms with E-state index in [0.29, 0.717) is 47.6 Å². The summed E-state index contributed by atoms with van der Waals surface area (Å²) in [6.07, 6.45) is 0.631. The highest BCUT2D eigenvalue weighted by Gasteiger charge is 2.42. The van der Waals surface area contributed by atoms with Gasteiger partial charge in [0.1, 0.15) is 5.58 Å². The molecule has 1 aliphatic heterocycles. The third kappa shape index (κ3) is 3.52. The fraction of sp³-hybridized carbons (Fsp3) is 0.360. The van der Waals surface area contributed by atoms with Crippen LogP contribution in [0.5, 0.6) is 11.5 Å². The first kappa shape index (κ1) is 21.9. The first-order chi connectivity index (χ1) is 15.4. The van der Waals surface area contributed by atoms with Gasteiger partial charge in [0, 0.05) is 20.3 Å². The van der Waals surface area contributed by atoms with Crippen molar-refractivity contribution in [2.45, 2.75) is 26.3 Å². The summed E-state index contributed by atoms with van der Waals surface area (Å²) in [4.78, 5) is 28.7. The normalized spacial score (nSPS) is 15.3. The van der Waals surface area contributed by atoms with Gasteiger partial charge in [-0.1, -0.05) is 6.07 Å². The Bertz CT molecular complexity index is 1250. The zero-order valence-electron chi connectivity index (χ0n) is 19.0. The van der Waals surface area contributed by atoms with Crippen LogP contribution in [0.3, 0.4) is 0 Å². The molecule has 0 aliphatic carbocycles. The molecule has 4 rings (SSSR count). The molecule has 0 bridgehead atoms. The number of aryl methyl sites for hydroxylation is 2. The van der Waals surface area contributed by atoms with E-state index in [-0.39, 0.29) is 17.1 Å². The zero-order chi connectivity index (χ0) is 23.0. The van der Waals surface area contributed by atoms with E-state index in [4.69, 9.17) is 18.6 Å². The summed E-state index contributed by atoms with van der Waals surface area (Å²) in [6.45, 7) is 4.83. The predicted octanol–water partition coefficient (Wildman–Crippen LogP) is 4.01. The number of amides is 1. The van der Waals surface area contributed by atoms with Crippen molar-refractivity contribution in [3.8, 4) is 11.5 Å². The van der Waals surface area contributed by atoms with E-state index >= 15 is 0 Å². The van der Waals surface area contributed by atoms with Gasteiger partial charge in [-0.2, -0.15) is 0 Å². The molecule has 2 heterocycles. The Labute approximate surface area is 186 Å². The number of hydrogen-bond donors (Lipinski definition) is 0. The molecule has 0 saturated carbocycles. The van der Waals surface area contributed by atoms with E-state index in [1.807, 2.05) is 32.0 Å². The first-order valence-electron chi connectivity index (χ1n) is 10.5. The maximum atomic E-state index is 13.6. The van der Waals surface area contributed by atoms with Crippen LogP contribution < -0.4 is 14.9 Å². The fourth-order valence-corrected chi connectivity index (χ4v) is 4.25. The largest absolute Gasteiger partial charge is 0.493 e. The number of fused-ring (bicyclic) bond motifs is 2. The van der Waals surface area contributed by atoms with E-state index in [1.165, 1.54) is 0 Å². The molecule has 7 heteroatoms. The molecule has 1 unspecified atom stereocenters. The standard InChI is InChI=1S/C25H27NO6/c1-14-11-17-19(12-15(14)2)32-24-21(23(17)27)22(26(25(24)28)9-6-10-29-3)16-7-8-18(30-4)20(13-16)31-5/h7-8,11-13,22H,6,9-10H2,1-5H3. The van der Waals surface area contributed by atoms with Crippen LogP contribution in [0.2, 0.25) is 0 Å². The van der Waals surface area contributed by atoms with Crippen LogP contribution in [0, 0.1) is 13.8 Å². The van der Waals surface area contributed by atoms with Crippen molar-refractivity contribution < 1.29 is 23.4 Å². The summed E-state index contributed by atoms with van der Waals surface area (Å²) in [5.41, 5.74) is 3.34. The molecule has 0 N–H and O–H groups in total. The zero-order valence-corrected chi connectivity index (χ0v) is 19.0. The molecule has 0 saturated heterocycles. The van der Waals surface area contributed by atoms with Crippen LogP contribution in [0.4, 0.5) is 0 Å². The second-order valence-corrected chi connectivity index (χ2v) is 7.97. The molecule has 0 radical (unpaired) electrons. The van der Waals surface area contributed by atoms with Crippen molar-refractivity contribution in [2.75, 3.05) is 34.5 Å². The van der Waals surface area contributed by atoms with E-state index in [1.54, 1.807) is 38.4 Å². The highest BCUT2D eigenvalue weighted by atomic mass is 16.5. The molecule has 168 valence electrons. The van der Waals surface area contributed by atoms with Gasteiger partial charge >= 0.3 is 0 Å². The Kier molecular flexibility index (Phi) is 5.93. The van der Waals surface area contributed by atoms with Crippen molar-refractivity contribution in [2.24, 2.45) is 0 Å². The number of nitrogens with zero attached hydrogens (tertiary/aromatic N) is 1. The van der Waals surface area contributed by atoms with Crippen molar-refractivity contribution >= 4 is 16.9 Å². The maximum absolute atomic E-state index is 13.6. The van der Waals surface area contributed by atoms with Crippen molar-refractivity contribution in [3.63, 3.8) is 0 Å². The molecule has 3 aromatic rings. The van der Waals surface area contributed by atoms with Gasteiger partial charge in [-0.15, -0.1) is 0 Å². The predicted molar refractivity (Wildman–Crippen MR) is 121 cm³/mol. The van der Waals surface area contributed by atoms with Crippen molar-refractivity contribution in [3.05, 3.63) is 68.6 Å². The molecule has 1 amide bonds. The number of carbonyl (C=O) groups is 1. The Morgan fingerprint density at radius 2 is 1.69 bits per heavy atom. The topological polar surface area (TPSA) is 78.2 Å². The molecule has 1 aliphatic rings. The molecule has 1 aromatic heterocycles. The number of rotatable bonds is 7. The van der Waals surface area contributed by atoms with Crippen LogP contribution in [-0.2, 0) is 4.74 Å². The minimum absolute atomic E-state index is 0.1000. The number of benzene rings is 2. The molecular formula is C25H27NO6. The van der Waals surface area contributed by atoms with Crippen LogP contribution in [0.25, 0.3) is 11.0 Å². The van der Waals surface area contributed by atoms with Gasteiger partial charge in [0.05, 0.1) is 31.2 Å². The smallest absolute Gasteiger partial charge is 0.290 e. The second-order valence-electron chi connectivity index (χ2n) is 7.97. The van der Waals surface area contributed by atoms with Gasteiger partial charge in [0.15, 0.2) is 16.9 Å². The summed E-state index contributed by atoms with van der Waals surface area (Å²) in [5, 5.41) is 0.476. The maximum Gasteiger partial charge on any atom is 0.290 e. The van der Waals surface area contributed by atoms with Crippen LogP contribution in [-0.4, -0.2) is 45.3 Å². The van der Waals surface area contributed by atoms with Crippen LogP contribution in [0.1, 0.15) is 45.3 Å². The Balaban J connectivity index is 1.94. The molecule has 0 spiro atoms. The van der Waals surface area contributed by atoms with Crippen molar-refractivity contribution in [1.29, 1.82) is 0 Å². The highest BCUT2D eigenvalue weighted by molar-refractivity contribution is 5.99. The van der Waals surface area contributed by atoms with E-state index < -0.39 is 6.04 Å². The van der Waals surface area contributed by atoms with Crippen LogP contribution >= 0.6 is 0 Å². The molecule has 1 atom stereocenters. The van der Waals surface area contributed by atoms with Crippen LogP contribution in [0.15, 0.2) is 39.5 Å². The number of methoxy groups -OCH3 is 3. The quantitative estimate of drug-likeness (QED) is 0.520. The van der Waals surface area contributed by atoms with E-state index in [9.17, 15) is 9.59 Å². The molecular weight excluding hydrogens is 410 g/mol. The number of ether oxygens (including phenoxy) is 3. The minimum Gasteiger partial charge on any atom is -0.493 e. The molecule has 2 aromatic carbocycles. The monoisotopic (exact) mass is 437 g/mol. The molecule has 32 heavy (non-hydrogen) atoms. The number of hydrogen-bond acceptors (Lipinski definition) is 6. The Hall–Kier alpha value is -3.32. The Morgan fingerprint density at radius 1 is 0.969 bits per heavy atom. The minimum atomic E-state index is -0.587. The lowest BCUT2D eigenvalue weighted by Gasteiger charge is -2.25. The average molecular weight is 437 g/mol. The lowest BCUT2D eigenvalue weighted by Crippen LogP contribution is -2.31. The first-order valence-corrected chi connectivity index (χ1v) is 10.5. The summed E-state index contributed by atoms with van der Waals surface area (Å²) in [7, 11) is 4.74. The van der Waals surface area contributed by atoms with Gasteiger partial charge in [-0.25, -0.2) is 0 Å². The number of carbonyl (C=O) groups excluding carboxylic acids is 1. The third-order valence-electron chi connectivity index (χ3n) is 6.05. The van der Waals surface area contributed by atoms with Crippen molar-refractivity contribution in [1.82, 2.24) is 4.90 Å². The van der Waals surface area contributed by atoms with E-state index in [2.05, 4.69) is 0 Å².